The zero-order chi connectivity index (χ0) is 25.8. The van der Waals surface area contributed by atoms with Crippen LogP contribution in [-0.2, 0) is 20.9 Å². The van der Waals surface area contributed by atoms with E-state index in [0.717, 1.165) is 26.2 Å². The minimum atomic E-state index is -0.562. The Morgan fingerprint density at radius 1 is 1.14 bits per heavy atom. The van der Waals surface area contributed by atoms with Gasteiger partial charge in [-0.3, -0.25) is 14.4 Å². The van der Waals surface area contributed by atoms with Gasteiger partial charge in [-0.2, -0.15) is 0 Å². The summed E-state index contributed by atoms with van der Waals surface area (Å²) in [6, 6.07) is 10.5. The van der Waals surface area contributed by atoms with E-state index in [4.69, 9.17) is 4.42 Å². The third-order valence-corrected chi connectivity index (χ3v) is 5.76. The predicted octanol–water partition coefficient (Wildman–Crippen LogP) is 3.47. The van der Waals surface area contributed by atoms with Gasteiger partial charge < -0.3 is 23.9 Å². The van der Waals surface area contributed by atoms with E-state index in [1.807, 2.05) is 40.7 Å². The maximum absolute atomic E-state index is 15.0. The number of aryl methyl sites for hydroxylation is 1. The molecule has 3 heterocycles. The molecule has 0 aliphatic carbocycles. The molecular weight excluding hydrogens is 467 g/mol. The Morgan fingerprint density at radius 3 is 2.44 bits per heavy atom. The fourth-order valence-electron chi connectivity index (χ4n) is 4.15. The molecule has 2 aromatic carbocycles. The number of benzene rings is 2. The Hall–Kier alpha value is -4.05. The number of oxazole rings is 1. The molecule has 0 unspecified atom stereocenters. The zero-order valence-corrected chi connectivity index (χ0v) is 20.3. The maximum atomic E-state index is 15.0. The lowest BCUT2D eigenvalue weighted by Gasteiger charge is -2.30. The van der Waals surface area contributed by atoms with Crippen molar-refractivity contribution in [2.24, 2.45) is 0 Å². The number of carbonyl (C=O) groups excluding carboxylic acids is 2. The topological polar surface area (TPSA) is 107 Å². The number of hydrogen-bond acceptors (Lipinski definition) is 8. The van der Waals surface area contributed by atoms with E-state index in [9.17, 15) is 18.8 Å². The molecule has 0 amide bonds. The molecule has 0 bridgehead atoms. The van der Waals surface area contributed by atoms with Crippen LogP contribution in [0.15, 0.2) is 51.8 Å². The van der Waals surface area contributed by atoms with E-state index in [2.05, 4.69) is 15.0 Å². The highest BCUT2D eigenvalue weighted by Gasteiger charge is 2.20. The van der Waals surface area contributed by atoms with Crippen LogP contribution in [0.5, 0.6) is 0 Å². The smallest absolute Gasteiger partial charge is 0.310 e. The first kappa shape index (κ1) is 25.1. The van der Waals surface area contributed by atoms with Crippen LogP contribution >= 0.6 is 0 Å². The van der Waals surface area contributed by atoms with Crippen LogP contribution in [0.4, 0.5) is 10.1 Å². The number of ether oxygens (including phenoxy) is 1. The number of nitrogens with zero attached hydrogens (tertiary/aromatic N) is 3. The lowest BCUT2D eigenvalue weighted by Crippen LogP contribution is -2.43. The lowest BCUT2D eigenvalue weighted by molar-refractivity contribution is -0.156. The third-order valence-electron chi connectivity index (χ3n) is 5.76. The SMILES string of the molecule is CC(=O)OC(C)=O.CCn1cc(-c2nc3ccccc3o2)c(=O)c2cc(F)c(N3CCNCC3)cc21. The van der Waals surface area contributed by atoms with Crippen molar-refractivity contribution in [3.63, 3.8) is 0 Å². The van der Waals surface area contributed by atoms with Gasteiger partial charge in [0.1, 0.15) is 16.9 Å². The molecule has 36 heavy (non-hydrogen) atoms. The number of hydrogen-bond donors (Lipinski definition) is 1. The second kappa shape index (κ2) is 10.7. The predicted molar refractivity (Wildman–Crippen MR) is 134 cm³/mol. The lowest BCUT2D eigenvalue weighted by atomic mass is 10.1. The van der Waals surface area contributed by atoms with Crippen molar-refractivity contribution >= 4 is 39.6 Å². The van der Waals surface area contributed by atoms with Crippen LogP contribution < -0.4 is 15.6 Å². The number of aromatic nitrogens is 2. The van der Waals surface area contributed by atoms with Crippen molar-refractivity contribution in [1.29, 1.82) is 0 Å². The zero-order valence-electron chi connectivity index (χ0n) is 20.3. The molecule has 5 rings (SSSR count). The Bertz CT molecular complexity index is 1440. The normalized spacial score (nSPS) is 13.4. The fraction of sp³-hybridized carbons (Fsp3) is 0.308. The van der Waals surface area contributed by atoms with Gasteiger partial charge in [-0.25, -0.2) is 9.37 Å². The van der Waals surface area contributed by atoms with Gasteiger partial charge in [-0.05, 0) is 31.2 Å². The summed E-state index contributed by atoms with van der Waals surface area (Å²) in [6.45, 7) is 8.09. The highest BCUT2D eigenvalue weighted by molar-refractivity contribution is 5.87. The highest BCUT2D eigenvalue weighted by Crippen LogP contribution is 2.28. The number of piperazine rings is 1. The summed E-state index contributed by atoms with van der Waals surface area (Å²) < 4.78 is 26.7. The number of pyridine rings is 1. The number of carbonyl (C=O) groups is 2. The number of nitrogens with one attached hydrogen (secondary N) is 1. The Kier molecular flexibility index (Phi) is 7.44. The molecule has 1 aliphatic rings. The molecule has 4 aromatic rings. The molecule has 0 saturated carbocycles. The molecule has 1 saturated heterocycles. The monoisotopic (exact) mass is 494 g/mol. The van der Waals surface area contributed by atoms with Crippen LogP contribution in [0.25, 0.3) is 33.5 Å². The molecule has 1 N–H and O–H groups in total. The second-order valence-electron chi connectivity index (χ2n) is 8.29. The average Bonchev–Trinajstić information content (AvgIpc) is 3.28. The maximum Gasteiger partial charge on any atom is 0.310 e. The Labute approximate surface area is 206 Å². The molecule has 9 nitrogen and oxygen atoms in total. The third kappa shape index (κ3) is 5.28. The first-order valence-corrected chi connectivity index (χ1v) is 11.7. The van der Waals surface area contributed by atoms with Crippen molar-refractivity contribution in [2.45, 2.75) is 27.3 Å². The standard InChI is InChI=1S/C22H21FN4O2.C4H6O3/c1-2-26-13-15(22-25-17-5-3-4-6-20(17)29-22)21(28)14-11-16(23)19(12-18(14)26)27-9-7-24-8-10-27;1-3(5)7-4(2)6/h3-6,11-13,24H,2,7-10H2,1H3;1-2H3. The van der Waals surface area contributed by atoms with Gasteiger partial charge >= 0.3 is 11.9 Å². The molecule has 10 heteroatoms. The Balaban J connectivity index is 0.000000384. The van der Waals surface area contributed by atoms with Gasteiger partial charge in [0.05, 0.1) is 11.2 Å². The van der Waals surface area contributed by atoms with Gasteiger partial charge in [0.2, 0.25) is 11.3 Å². The summed E-state index contributed by atoms with van der Waals surface area (Å²) in [6.07, 6.45) is 1.76. The average molecular weight is 495 g/mol. The summed E-state index contributed by atoms with van der Waals surface area (Å²) in [5, 5.41) is 3.61. The number of anilines is 1. The second-order valence-corrected chi connectivity index (χ2v) is 8.29. The van der Waals surface area contributed by atoms with Gasteiger partial charge in [0.15, 0.2) is 5.58 Å². The summed E-state index contributed by atoms with van der Waals surface area (Å²) >= 11 is 0. The minimum Gasteiger partial charge on any atom is -0.436 e. The van der Waals surface area contributed by atoms with Crippen LogP contribution in [-0.4, -0.2) is 47.7 Å². The quantitative estimate of drug-likeness (QED) is 0.341. The van der Waals surface area contributed by atoms with Gasteiger partial charge in [0, 0.05) is 58.2 Å². The first-order chi connectivity index (χ1) is 17.3. The highest BCUT2D eigenvalue weighted by atomic mass is 19.1. The molecule has 1 fully saturated rings. The van der Waals surface area contributed by atoms with Crippen molar-refractivity contribution in [2.75, 3.05) is 31.1 Å². The first-order valence-electron chi connectivity index (χ1n) is 11.7. The largest absolute Gasteiger partial charge is 0.436 e. The van der Waals surface area contributed by atoms with E-state index in [0.29, 0.717) is 39.8 Å². The fourth-order valence-corrected chi connectivity index (χ4v) is 4.15. The summed E-state index contributed by atoms with van der Waals surface area (Å²) in [5.41, 5.74) is 2.62. The molecule has 1 aliphatic heterocycles. The van der Waals surface area contributed by atoms with Gasteiger partial charge in [-0.1, -0.05) is 12.1 Å². The van der Waals surface area contributed by atoms with Crippen LogP contribution in [0, 0.1) is 5.82 Å². The Morgan fingerprint density at radius 2 is 1.83 bits per heavy atom. The number of para-hydroxylation sites is 2. The van der Waals surface area contributed by atoms with E-state index >= 15 is 0 Å². The molecule has 0 atom stereocenters. The number of halogens is 1. The van der Waals surface area contributed by atoms with Gasteiger partial charge in [-0.15, -0.1) is 0 Å². The molecule has 0 spiro atoms. The summed E-state index contributed by atoms with van der Waals surface area (Å²) in [4.78, 5) is 39.3. The van der Waals surface area contributed by atoms with E-state index in [1.165, 1.54) is 19.9 Å². The molecular formula is C26H27FN4O5. The van der Waals surface area contributed by atoms with Crippen LogP contribution in [0.3, 0.4) is 0 Å². The molecule has 2 aromatic heterocycles. The van der Waals surface area contributed by atoms with Crippen molar-refractivity contribution in [3.8, 4) is 11.5 Å². The van der Waals surface area contributed by atoms with Crippen molar-refractivity contribution in [1.82, 2.24) is 14.9 Å². The van der Waals surface area contributed by atoms with E-state index in [1.54, 1.807) is 12.3 Å². The molecule has 188 valence electrons. The molecule has 0 radical (unpaired) electrons. The summed E-state index contributed by atoms with van der Waals surface area (Å²) in [5.74, 6) is -1.25. The number of fused-ring (bicyclic) bond motifs is 2. The van der Waals surface area contributed by atoms with E-state index < -0.39 is 11.9 Å². The van der Waals surface area contributed by atoms with Crippen LogP contribution in [0.2, 0.25) is 0 Å². The number of rotatable bonds is 3. The van der Waals surface area contributed by atoms with Crippen molar-refractivity contribution in [3.05, 3.63) is 58.6 Å². The van der Waals surface area contributed by atoms with Crippen LogP contribution in [0.1, 0.15) is 20.8 Å². The van der Waals surface area contributed by atoms with E-state index in [-0.39, 0.29) is 17.1 Å². The van der Waals surface area contributed by atoms with Gasteiger partial charge in [0.25, 0.3) is 0 Å². The van der Waals surface area contributed by atoms with Crippen molar-refractivity contribution < 1.29 is 23.1 Å². The minimum absolute atomic E-state index is 0.256. The summed E-state index contributed by atoms with van der Waals surface area (Å²) in [7, 11) is 0. The number of esters is 2.